The van der Waals surface area contributed by atoms with E-state index in [1.165, 1.54) is 36.3 Å². The van der Waals surface area contributed by atoms with Crippen LogP contribution in [0.5, 0.6) is 5.75 Å². The average Bonchev–Trinajstić information content (AvgIpc) is 2.73. The minimum Gasteiger partial charge on any atom is -0.495 e. The van der Waals surface area contributed by atoms with Gasteiger partial charge < -0.3 is 9.64 Å². The molecule has 29 heavy (non-hydrogen) atoms. The molecular weight excluding hydrogens is 412 g/mol. The third kappa shape index (κ3) is 4.70. The fourth-order valence-electron chi connectivity index (χ4n) is 2.72. The van der Waals surface area contributed by atoms with E-state index < -0.39 is 10.0 Å². The molecule has 0 atom stereocenters. The van der Waals surface area contributed by atoms with Crippen LogP contribution < -0.4 is 14.4 Å². The molecule has 0 heterocycles. The average molecular weight is 431 g/mol. The number of amides is 1. The van der Waals surface area contributed by atoms with Crippen molar-refractivity contribution in [2.24, 2.45) is 0 Å². The van der Waals surface area contributed by atoms with Crippen molar-refractivity contribution in [1.82, 2.24) is 0 Å². The molecule has 0 fully saturated rings. The number of carbonyl (C=O) groups excluding carboxylic acids is 1. The minimum absolute atomic E-state index is 0.0492. The molecule has 1 amide bonds. The number of nitrogens with one attached hydrogen (secondary N) is 1. The standard InChI is InChI=1S/C21H19ClN2O4S/c1-24(17-8-4-3-5-9-17)21(25)15-7-6-10-18(13-15)29(26,27)23-19-14-16(22)11-12-20(19)28-2/h3-14,23H,1-2H3. The van der Waals surface area contributed by atoms with Crippen LogP contribution in [0.3, 0.4) is 0 Å². The molecule has 0 aliphatic heterocycles. The molecule has 0 spiro atoms. The van der Waals surface area contributed by atoms with Crippen molar-refractivity contribution in [3.63, 3.8) is 0 Å². The molecule has 3 aromatic rings. The predicted molar refractivity (Wildman–Crippen MR) is 114 cm³/mol. The Morgan fingerprint density at radius 1 is 1.00 bits per heavy atom. The molecule has 0 aromatic heterocycles. The molecular formula is C21H19ClN2O4S. The number of methoxy groups -OCH3 is 1. The van der Waals surface area contributed by atoms with E-state index in [0.29, 0.717) is 16.5 Å². The number of sulfonamides is 1. The topological polar surface area (TPSA) is 75.7 Å². The van der Waals surface area contributed by atoms with Gasteiger partial charge in [0.2, 0.25) is 0 Å². The van der Waals surface area contributed by atoms with Crippen LogP contribution in [0.1, 0.15) is 10.4 Å². The maximum atomic E-state index is 12.9. The summed E-state index contributed by atoms with van der Waals surface area (Å²) in [4.78, 5) is 14.2. The number of ether oxygens (including phenoxy) is 1. The fraction of sp³-hybridized carbons (Fsp3) is 0.0952. The maximum Gasteiger partial charge on any atom is 0.262 e. The lowest BCUT2D eigenvalue weighted by molar-refractivity contribution is 0.0993. The first-order valence-electron chi connectivity index (χ1n) is 8.61. The Kier molecular flexibility index (Phi) is 6.10. The summed E-state index contributed by atoms with van der Waals surface area (Å²) in [5.74, 6) is 0.00241. The second-order valence-electron chi connectivity index (χ2n) is 6.18. The molecule has 0 radical (unpaired) electrons. The zero-order chi connectivity index (χ0) is 21.0. The van der Waals surface area contributed by atoms with Crippen LogP contribution in [0.4, 0.5) is 11.4 Å². The summed E-state index contributed by atoms with van der Waals surface area (Å²) in [5, 5.41) is 0.358. The lowest BCUT2D eigenvalue weighted by atomic mass is 10.2. The third-order valence-electron chi connectivity index (χ3n) is 4.25. The van der Waals surface area contributed by atoms with Crippen molar-refractivity contribution in [2.75, 3.05) is 23.8 Å². The number of nitrogens with zero attached hydrogens (tertiary/aromatic N) is 1. The predicted octanol–water partition coefficient (Wildman–Crippen LogP) is 4.43. The highest BCUT2D eigenvalue weighted by Crippen LogP contribution is 2.30. The minimum atomic E-state index is -3.97. The summed E-state index contributed by atoms with van der Waals surface area (Å²) in [6.07, 6.45) is 0. The molecule has 6 nitrogen and oxygen atoms in total. The van der Waals surface area contributed by atoms with Crippen molar-refractivity contribution in [1.29, 1.82) is 0 Å². The van der Waals surface area contributed by atoms with E-state index in [1.807, 2.05) is 18.2 Å². The van der Waals surface area contributed by atoms with E-state index in [9.17, 15) is 13.2 Å². The quantitative estimate of drug-likeness (QED) is 0.627. The Hall–Kier alpha value is -3.03. The van der Waals surface area contributed by atoms with Gasteiger partial charge in [-0.05, 0) is 48.5 Å². The molecule has 8 heteroatoms. The number of carbonyl (C=O) groups is 1. The van der Waals surface area contributed by atoms with Gasteiger partial charge in [-0.1, -0.05) is 35.9 Å². The number of benzene rings is 3. The van der Waals surface area contributed by atoms with Crippen molar-refractivity contribution < 1.29 is 17.9 Å². The van der Waals surface area contributed by atoms with Gasteiger partial charge >= 0.3 is 0 Å². The molecule has 3 aromatic carbocycles. The van der Waals surface area contributed by atoms with Gasteiger partial charge in [-0.15, -0.1) is 0 Å². The van der Waals surface area contributed by atoms with Gasteiger partial charge in [-0.25, -0.2) is 8.42 Å². The van der Waals surface area contributed by atoms with Crippen molar-refractivity contribution in [3.05, 3.63) is 83.4 Å². The second kappa shape index (κ2) is 8.55. The molecule has 150 valence electrons. The summed E-state index contributed by atoms with van der Waals surface area (Å²) in [7, 11) is -0.905. The molecule has 0 bridgehead atoms. The third-order valence-corrected chi connectivity index (χ3v) is 5.84. The Labute approximate surface area is 174 Å². The monoisotopic (exact) mass is 430 g/mol. The number of halogens is 1. The van der Waals surface area contributed by atoms with Gasteiger partial charge in [0.1, 0.15) is 5.75 Å². The van der Waals surface area contributed by atoms with Gasteiger partial charge in [-0.2, -0.15) is 0 Å². The van der Waals surface area contributed by atoms with Crippen LogP contribution in [0.25, 0.3) is 0 Å². The highest BCUT2D eigenvalue weighted by atomic mass is 35.5. The normalized spacial score (nSPS) is 11.0. The van der Waals surface area contributed by atoms with Crippen molar-refractivity contribution in [2.45, 2.75) is 4.90 Å². The van der Waals surface area contributed by atoms with Gasteiger partial charge in [0.25, 0.3) is 15.9 Å². The number of hydrogen-bond donors (Lipinski definition) is 1. The van der Waals surface area contributed by atoms with E-state index in [2.05, 4.69) is 4.72 Å². The van der Waals surface area contributed by atoms with Gasteiger partial charge in [0.15, 0.2) is 0 Å². The van der Waals surface area contributed by atoms with E-state index >= 15 is 0 Å². The number of hydrogen-bond acceptors (Lipinski definition) is 4. The summed E-state index contributed by atoms with van der Waals surface area (Å²) in [6, 6.07) is 19.5. The first-order chi connectivity index (χ1) is 13.8. The largest absolute Gasteiger partial charge is 0.495 e. The Balaban J connectivity index is 1.90. The second-order valence-corrected chi connectivity index (χ2v) is 8.30. The Bertz CT molecular complexity index is 1130. The van der Waals surface area contributed by atoms with Crippen LogP contribution in [-0.2, 0) is 10.0 Å². The van der Waals surface area contributed by atoms with E-state index in [4.69, 9.17) is 16.3 Å². The van der Waals surface area contributed by atoms with Gasteiger partial charge in [0, 0.05) is 23.3 Å². The van der Waals surface area contributed by atoms with E-state index in [0.717, 1.165) is 0 Å². The van der Waals surface area contributed by atoms with Crippen molar-refractivity contribution >= 4 is 38.9 Å². The Morgan fingerprint density at radius 2 is 1.72 bits per heavy atom. The maximum absolute atomic E-state index is 12.9. The Morgan fingerprint density at radius 3 is 2.41 bits per heavy atom. The zero-order valence-corrected chi connectivity index (χ0v) is 17.4. The molecule has 0 aliphatic carbocycles. The molecule has 0 saturated carbocycles. The number of anilines is 2. The van der Waals surface area contributed by atoms with Crippen LogP contribution in [0.15, 0.2) is 77.7 Å². The summed E-state index contributed by atoms with van der Waals surface area (Å²) in [6.45, 7) is 0. The zero-order valence-electron chi connectivity index (χ0n) is 15.8. The van der Waals surface area contributed by atoms with Crippen LogP contribution in [0, 0.1) is 0 Å². The van der Waals surface area contributed by atoms with E-state index in [-0.39, 0.29) is 22.1 Å². The SMILES string of the molecule is COc1ccc(Cl)cc1NS(=O)(=O)c1cccc(C(=O)N(C)c2ccccc2)c1. The smallest absolute Gasteiger partial charge is 0.262 e. The van der Waals surface area contributed by atoms with Crippen molar-refractivity contribution in [3.8, 4) is 5.75 Å². The summed E-state index contributed by atoms with van der Waals surface area (Å²) >= 11 is 5.97. The fourth-order valence-corrected chi connectivity index (χ4v) is 4.00. The molecule has 0 unspecified atom stereocenters. The van der Waals surface area contributed by atoms with E-state index in [1.54, 1.807) is 37.4 Å². The van der Waals surface area contributed by atoms with Gasteiger partial charge in [-0.3, -0.25) is 9.52 Å². The highest BCUT2D eigenvalue weighted by molar-refractivity contribution is 7.92. The molecule has 1 N–H and O–H groups in total. The molecule has 0 aliphatic rings. The first kappa shape index (κ1) is 20.7. The van der Waals surface area contributed by atoms with Crippen LogP contribution in [-0.4, -0.2) is 28.5 Å². The summed E-state index contributed by atoms with van der Waals surface area (Å²) < 4.78 is 33.4. The van der Waals surface area contributed by atoms with Crippen LogP contribution in [0.2, 0.25) is 5.02 Å². The highest BCUT2D eigenvalue weighted by Gasteiger charge is 2.20. The number of para-hydroxylation sites is 1. The lowest BCUT2D eigenvalue weighted by Crippen LogP contribution is -2.26. The molecule has 0 saturated heterocycles. The van der Waals surface area contributed by atoms with Crippen LogP contribution >= 0.6 is 11.6 Å². The molecule has 3 rings (SSSR count). The summed E-state index contributed by atoms with van der Waals surface area (Å²) in [5.41, 5.74) is 1.16. The van der Waals surface area contributed by atoms with Gasteiger partial charge in [0.05, 0.1) is 17.7 Å². The first-order valence-corrected chi connectivity index (χ1v) is 10.5. The number of rotatable bonds is 6. The lowest BCUT2D eigenvalue weighted by Gasteiger charge is -2.18.